The van der Waals surface area contributed by atoms with Crippen LogP contribution in [-0.2, 0) is 9.53 Å². The third-order valence-electron chi connectivity index (χ3n) is 2.60. The maximum absolute atomic E-state index is 11.5. The molecule has 0 N–H and O–H groups in total. The molecule has 0 saturated heterocycles. The zero-order valence-corrected chi connectivity index (χ0v) is 11.2. The number of methoxy groups -OCH3 is 2. The van der Waals surface area contributed by atoms with E-state index >= 15 is 0 Å². The quantitative estimate of drug-likeness (QED) is 0.613. The lowest BCUT2D eigenvalue weighted by Crippen LogP contribution is -2.10. The van der Waals surface area contributed by atoms with Gasteiger partial charge in [0, 0.05) is 5.56 Å². The monoisotopic (exact) mass is 256 g/mol. The van der Waals surface area contributed by atoms with Crippen molar-refractivity contribution in [3.8, 4) is 5.75 Å². The fourth-order valence-electron chi connectivity index (χ4n) is 1.54. The van der Waals surface area contributed by atoms with Crippen molar-refractivity contribution in [1.29, 1.82) is 0 Å². The average Bonchev–Trinajstić information content (AvgIpc) is 2.35. The smallest absolute Gasteiger partial charge is 0.328 e. The number of carbonyl (C=O) groups excluding carboxylic acids is 1. The van der Waals surface area contributed by atoms with Gasteiger partial charge in [0.2, 0.25) is 0 Å². The summed E-state index contributed by atoms with van der Waals surface area (Å²) in [6.07, 6.45) is 0. The van der Waals surface area contributed by atoms with E-state index in [0.717, 1.165) is 5.56 Å². The van der Waals surface area contributed by atoms with Crippen molar-refractivity contribution in [3.63, 3.8) is 0 Å². The van der Waals surface area contributed by atoms with Crippen LogP contribution in [0.15, 0.2) is 18.2 Å². The van der Waals surface area contributed by atoms with Gasteiger partial charge in [0.05, 0.1) is 14.2 Å². The second-order valence-corrected chi connectivity index (χ2v) is 4.48. The first-order valence-electron chi connectivity index (χ1n) is 5.41. The van der Waals surface area contributed by atoms with Gasteiger partial charge in [-0.05, 0) is 23.6 Å². The number of hydrogen-bond acceptors (Lipinski definition) is 3. The second-order valence-electron chi connectivity index (χ2n) is 4.04. The first-order chi connectivity index (χ1) is 8.01. The third-order valence-corrected chi connectivity index (χ3v) is 3.01. The van der Waals surface area contributed by atoms with Crippen LogP contribution in [0.4, 0.5) is 0 Å². The van der Waals surface area contributed by atoms with Gasteiger partial charge in [0.15, 0.2) is 5.38 Å². The Hall–Kier alpha value is -1.22. The van der Waals surface area contributed by atoms with Gasteiger partial charge in [-0.25, -0.2) is 0 Å². The molecule has 0 amide bonds. The average molecular weight is 257 g/mol. The summed E-state index contributed by atoms with van der Waals surface area (Å²) in [5.41, 5.74) is 1.75. The lowest BCUT2D eigenvalue weighted by molar-refractivity contribution is -0.140. The number of benzene rings is 1. The van der Waals surface area contributed by atoms with Gasteiger partial charge in [-0.1, -0.05) is 19.9 Å². The molecule has 0 aliphatic carbocycles. The van der Waals surface area contributed by atoms with Crippen molar-refractivity contribution < 1.29 is 14.3 Å². The van der Waals surface area contributed by atoms with Crippen molar-refractivity contribution in [3.05, 3.63) is 29.3 Å². The van der Waals surface area contributed by atoms with Crippen LogP contribution in [0.5, 0.6) is 5.75 Å². The zero-order chi connectivity index (χ0) is 13.0. The Morgan fingerprint density at radius 1 is 1.29 bits per heavy atom. The second kappa shape index (κ2) is 5.92. The number of rotatable bonds is 4. The molecule has 17 heavy (non-hydrogen) atoms. The highest BCUT2D eigenvalue weighted by molar-refractivity contribution is 6.30. The van der Waals surface area contributed by atoms with Gasteiger partial charge in [0.25, 0.3) is 0 Å². The number of ether oxygens (including phenoxy) is 2. The van der Waals surface area contributed by atoms with Crippen LogP contribution < -0.4 is 4.74 Å². The molecular weight excluding hydrogens is 240 g/mol. The summed E-state index contributed by atoms with van der Waals surface area (Å²) in [5, 5.41) is -0.839. The topological polar surface area (TPSA) is 35.5 Å². The number of alkyl halides is 1. The third kappa shape index (κ3) is 3.13. The van der Waals surface area contributed by atoms with Crippen molar-refractivity contribution in [2.24, 2.45) is 0 Å². The van der Waals surface area contributed by atoms with Gasteiger partial charge in [0.1, 0.15) is 5.75 Å². The van der Waals surface area contributed by atoms with E-state index in [4.69, 9.17) is 16.3 Å². The van der Waals surface area contributed by atoms with E-state index in [2.05, 4.69) is 18.6 Å². The maximum atomic E-state index is 11.5. The normalized spacial score (nSPS) is 12.4. The number of hydrogen-bond donors (Lipinski definition) is 0. The van der Waals surface area contributed by atoms with E-state index < -0.39 is 11.3 Å². The van der Waals surface area contributed by atoms with E-state index in [1.165, 1.54) is 7.11 Å². The highest BCUT2D eigenvalue weighted by atomic mass is 35.5. The van der Waals surface area contributed by atoms with Crippen LogP contribution in [0.25, 0.3) is 0 Å². The van der Waals surface area contributed by atoms with Gasteiger partial charge >= 0.3 is 5.97 Å². The van der Waals surface area contributed by atoms with Gasteiger partial charge in [-0.3, -0.25) is 4.79 Å². The van der Waals surface area contributed by atoms with Crippen LogP contribution in [0.3, 0.4) is 0 Å². The van der Waals surface area contributed by atoms with Gasteiger partial charge in [-0.2, -0.15) is 0 Å². The summed E-state index contributed by atoms with van der Waals surface area (Å²) in [4.78, 5) is 11.5. The van der Waals surface area contributed by atoms with Gasteiger partial charge in [-0.15, -0.1) is 11.6 Å². The lowest BCUT2D eigenvalue weighted by atomic mass is 9.99. The van der Waals surface area contributed by atoms with Crippen molar-refractivity contribution in [2.45, 2.75) is 25.1 Å². The number of carbonyl (C=O) groups is 1. The molecule has 1 unspecified atom stereocenters. The molecule has 0 spiro atoms. The minimum Gasteiger partial charge on any atom is -0.496 e. The van der Waals surface area contributed by atoms with Crippen LogP contribution in [0.2, 0.25) is 0 Å². The molecule has 0 saturated carbocycles. The predicted octanol–water partition coefficient (Wildman–Crippen LogP) is 3.27. The minimum atomic E-state index is -0.839. The molecule has 0 heterocycles. The Balaban J connectivity index is 3.18. The molecule has 0 aliphatic rings. The molecule has 0 aromatic heterocycles. The molecule has 0 bridgehead atoms. The fourth-order valence-corrected chi connectivity index (χ4v) is 1.80. The van der Waals surface area contributed by atoms with E-state index in [0.29, 0.717) is 17.2 Å². The summed E-state index contributed by atoms with van der Waals surface area (Å²) < 4.78 is 9.84. The number of halogens is 1. The Kier molecular flexibility index (Phi) is 4.82. The van der Waals surface area contributed by atoms with E-state index in [9.17, 15) is 4.79 Å². The van der Waals surface area contributed by atoms with Gasteiger partial charge < -0.3 is 9.47 Å². The zero-order valence-electron chi connectivity index (χ0n) is 10.5. The molecular formula is C13H17ClO3. The molecule has 0 aliphatic heterocycles. The Bertz CT molecular complexity index is 402. The fraction of sp³-hybridized carbons (Fsp3) is 0.462. The lowest BCUT2D eigenvalue weighted by Gasteiger charge is -2.15. The highest BCUT2D eigenvalue weighted by Gasteiger charge is 2.22. The van der Waals surface area contributed by atoms with E-state index in [1.54, 1.807) is 7.11 Å². The summed E-state index contributed by atoms with van der Waals surface area (Å²) in [6.45, 7) is 4.15. The summed E-state index contributed by atoms with van der Waals surface area (Å²) >= 11 is 6.06. The van der Waals surface area contributed by atoms with Crippen molar-refractivity contribution >= 4 is 17.6 Å². The molecule has 3 nitrogen and oxygen atoms in total. The van der Waals surface area contributed by atoms with Crippen molar-refractivity contribution in [1.82, 2.24) is 0 Å². The standard InChI is InChI=1S/C13H17ClO3/c1-8(2)9-5-6-11(16-3)10(7-9)12(14)13(15)17-4/h5-8,12H,1-4H3. The first kappa shape index (κ1) is 13.8. The molecule has 1 aromatic rings. The van der Waals surface area contributed by atoms with Crippen LogP contribution in [0.1, 0.15) is 36.3 Å². The predicted molar refractivity (Wildman–Crippen MR) is 67.7 cm³/mol. The molecule has 4 heteroatoms. The largest absolute Gasteiger partial charge is 0.496 e. The van der Waals surface area contributed by atoms with Crippen molar-refractivity contribution in [2.75, 3.05) is 14.2 Å². The molecule has 0 radical (unpaired) electrons. The Labute approximate surface area is 107 Å². The van der Waals surface area contributed by atoms with Crippen LogP contribution >= 0.6 is 11.6 Å². The maximum Gasteiger partial charge on any atom is 0.328 e. The summed E-state index contributed by atoms with van der Waals surface area (Å²) in [6, 6.07) is 5.68. The molecule has 1 atom stereocenters. The molecule has 1 rings (SSSR count). The minimum absolute atomic E-state index is 0.362. The Morgan fingerprint density at radius 3 is 2.41 bits per heavy atom. The SMILES string of the molecule is COC(=O)C(Cl)c1cc(C(C)C)ccc1OC. The summed E-state index contributed by atoms with van der Waals surface area (Å²) in [5.74, 6) is 0.479. The first-order valence-corrected chi connectivity index (χ1v) is 5.84. The number of esters is 1. The van der Waals surface area contributed by atoms with Crippen LogP contribution in [-0.4, -0.2) is 20.2 Å². The highest BCUT2D eigenvalue weighted by Crippen LogP contribution is 2.33. The van der Waals surface area contributed by atoms with E-state index in [1.807, 2.05) is 18.2 Å². The summed E-state index contributed by atoms with van der Waals surface area (Å²) in [7, 11) is 2.87. The molecule has 94 valence electrons. The molecule has 0 fully saturated rings. The Morgan fingerprint density at radius 2 is 1.94 bits per heavy atom. The molecule has 1 aromatic carbocycles. The van der Waals surface area contributed by atoms with Crippen LogP contribution in [0, 0.1) is 0 Å². The van der Waals surface area contributed by atoms with E-state index in [-0.39, 0.29) is 0 Å².